The maximum absolute atomic E-state index is 15.4. The number of ether oxygens (including phenoxy) is 2. The number of anilines is 2. The molecular formula is C25H25BF2N6O3. The molecule has 3 aromatic rings. The van der Waals surface area contributed by atoms with E-state index >= 15 is 8.78 Å². The Hall–Kier alpha value is -4.35. The Labute approximate surface area is 213 Å². The Morgan fingerprint density at radius 1 is 1.14 bits per heavy atom. The fourth-order valence-electron chi connectivity index (χ4n) is 4.17. The number of urea groups is 1. The summed E-state index contributed by atoms with van der Waals surface area (Å²) in [6, 6.07) is 2.13. The van der Waals surface area contributed by atoms with Crippen LogP contribution < -0.4 is 19.3 Å². The van der Waals surface area contributed by atoms with Crippen molar-refractivity contribution < 1.29 is 23.0 Å². The molecule has 4 rings (SSSR count). The van der Waals surface area contributed by atoms with Crippen molar-refractivity contribution in [2.75, 3.05) is 24.0 Å². The summed E-state index contributed by atoms with van der Waals surface area (Å²) >= 11 is 0. The van der Waals surface area contributed by atoms with Gasteiger partial charge in [0.25, 0.3) is 0 Å². The van der Waals surface area contributed by atoms with E-state index in [1.807, 2.05) is 12.8 Å². The number of hydrogen-bond acceptors (Lipinski definition) is 7. The molecule has 1 aromatic carbocycles. The van der Waals surface area contributed by atoms with Crippen LogP contribution in [0, 0.1) is 17.0 Å². The maximum Gasteiger partial charge on any atom is 0.329 e. The van der Waals surface area contributed by atoms with Gasteiger partial charge < -0.3 is 14.9 Å². The van der Waals surface area contributed by atoms with E-state index in [0.29, 0.717) is 41.1 Å². The van der Waals surface area contributed by atoms with Gasteiger partial charge in [-0.1, -0.05) is 6.82 Å². The van der Waals surface area contributed by atoms with Gasteiger partial charge in [0.2, 0.25) is 0 Å². The van der Waals surface area contributed by atoms with Crippen LogP contribution in [0.1, 0.15) is 23.7 Å². The van der Waals surface area contributed by atoms with E-state index in [2.05, 4.69) is 15.0 Å². The predicted molar refractivity (Wildman–Crippen MR) is 138 cm³/mol. The van der Waals surface area contributed by atoms with Gasteiger partial charge in [0.1, 0.15) is 19.3 Å². The molecule has 12 heteroatoms. The highest BCUT2D eigenvalue weighted by molar-refractivity contribution is 6.45. The molecule has 0 spiro atoms. The Kier molecular flexibility index (Phi) is 7.46. The molecule has 37 heavy (non-hydrogen) atoms. The molecule has 1 N–H and O–H groups in total. The highest BCUT2D eigenvalue weighted by Gasteiger charge is 2.37. The monoisotopic (exact) mass is 506 g/mol. The Morgan fingerprint density at radius 3 is 2.35 bits per heavy atom. The van der Waals surface area contributed by atoms with Crippen molar-refractivity contribution in [3.05, 3.63) is 71.5 Å². The van der Waals surface area contributed by atoms with Crippen molar-refractivity contribution in [3.63, 3.8) is 0 Å². The van der Waals surface area contributed by atoms with Crippen molar-refractivity contribution in [2.45, 2.75) is 26.8 Å². The molecule has 0 aliphatic carbocycles. The van der Waals surface area contributed by atoms with E-state index in [1.165, 1.54) is 25.4 Å². The summed E-state index contributed by atoms with van der Waals surface area (Å²) in [4.78, 5) is 28.8. The number of pyridine rings is 1. The number of methoxy groups -OCH3 is 2. The van der Waals surface area contributed by atoms with Crippen LogP contribution in [0.5, 0.6) is 11.5 Å². The quantitative estimate of drug-likeness (QED) is 0.363. The minimum Gasteiger partial charge on any atom is -0.493 e. The second-order valence-corrected chi connectivity index (χ2v) is 8.31. The average molecular weight is 506 g/mol. The van der Waals surface area contributed by atoms with Crippen LogP contribution in [0.15, 0.2) is 43.0 Å². The lowest BCUT2D eigenvalue weighted by atomic mass is 9.79. The number of fused-ring (bicyclic) bond motifs is 1. The fraction of sp³-hybridized carbons (Fsp3) is 0.240. The third-order valence-corrected chi connectivity index (χ3v) is 5.91. The normalized spacial score (nSPS) is 13.4. The summed E-state index contributed by atoms with van der Waals surface area (Å²) in [6.07, 6.45) is 6.03. The largest absolute Gasteiger partial charge is 0.493 e. The fourth-order valence-corrected chi connectivity index (χ4v) is 4.17. The van der Waals surface area contributed by atoms with Crippen molar-refractivity contribution in [1.29, 1.82) is 5.41 Å². The summed E-state index contributed by atoms with van der Waals surface area (Å²) in [5, 5.41) is 8.15. The molecule has 0 saturated heterocycles. The SMILES string of the molecule is CB/C=C(\C(C)=N)c1cc2c(cn1)CN(c1c(F)c(OC)cc(OC)c1F)C(=O)N2Cc1cncnc1. The standard InChI is InChI=1S/C25H25BF2N6O3/c1-14(29)17(7-26-2)18-5-19-16(10-32-18)12-34(25(35)33(19)11-15-8-30-13-31-9-15)24-22(27)20(36-3)6-21(37-4)23(24)28/h5-10,13,26,29H,11-12H2,1-4H3/b17-7+,29-14?. The third-order valence-electron chi connectivity index (χ3n) is 5.91. The Bertz CT molecular complexity index is 1360. The lowest BCUT2D eigenvalue weighted by molar-refractivity contribution is 0.249. The number of rotatable bonds is 8. The number of halogens is 2. The van der Waals surface area contributed by atoms with Crippen molar-refractivity contribution >= 4 is 36.0 Å². The van der Waals surface area contributed by atoms with E-state index in [0.717, 1.165) is 11.0 Å². The van der Waals surface area contributed by atoms with Crippen molar-refractivity contribution in [1.82, 2.24) is 15.0 Å². The third kappa shape index (κ3) is 4.86. The van der Waals surface area contributed by atoms with Gasteiger partial charge in [0.15, 0.2) is 23.1 Å². The number of amides is 2. The second kappa shape index (κ2) is 10.7. The molecule has 1 aliphatic heterocycles. The lowest BCUT2D eigenvalue weighted by Crippen LogP contribution is -2.47. The van der Waals surface area contributed by atoms with Crippen LogP contribution in [0.4, 0.5) is 25.0 Å². The van der Waals surface area contributed by atoms with Crippen LogP contribution >= 0.6 is 0 Å². The number of nitrogens with zero attached hydrogens (tertiary/aromatic N) is 5. The van der Waals surface area contributed by atoms with Gasteiger partial charge in [-0.25, -0.2) is 23.5 Å². The average Bonchev–Trinajstić information content (AvgIpc) is 2.90. The molecule has 0 bridgehead atoms. The molecule has 0 atom stereocenters. The molecule has 9 nitrogen and oxygen atoms in total. The van der Waals surface area contributed by atoms with Gasteiger partial charge in [-0.15, -0.1) is 5.98 Å². The van der Waals surface area contributed by atoms with E-state index in [9.17, 15) is 4.79 Å². The second-order valence-electron chi connectivity index (χ2n) is 8.31. The minimum absolute atomic E-state index is 0.0351. The van der Waals surface area contributed by atoms with E-state index in [1.54, 1.807) is 31.6 Å². The zero-order chi connectivity index (χ0) is 26.7. The van der Waals surface area contributed by atoms with Gasteiger partial charge in [-0.2, -0.15) is 0 Å². The van der Waals surface area contributed by atoms with Gasteiger partial charge in [-0.05, 0) is 13.0 Å². The van der Waals surface area contributed by atoms with E-state index in [-0.39, 0.29) is 24.6 Å². The summed E-state index contributed by atoms with van der Waals surface area (Å²) in [7, 11) is 3.18. The number of carbonyl (C=O) groups is 1. The van der Waals surface area contributed by atoms with E-state index < -0.39 is 23.4 Å². The maximum atomic E-state index is 15.4. The predicted octanol–water partition coefficient (Wildman–Crippen LogP) is 4.18. The zero-order valence-electron chi connectivity index (χ0n) is 20.9. The molecule has 2 amide bonds. The molecule has 190 valence electrons. The number of nitrogens with one attached hydrogen (secondary N) is 1. The molecule has 1 aliphatic rings. The van der Waals surface area contributed by atoms with Crippen LogP contribution in [-0.4, -0.2) is 48.2 Å². The summed E-state index contributed by atoms with van der Waals surface area (Å²) < 4.78 is 40.9. The van der Waals surface area contributed by atoms with Crippen LogP contribution in [0.25, 0.3) is 5.57 Å². The molecule has 2 aromatic heterocycles. The highest BCUT2D eigenvalue weighted by Crippen LogP contribution is 2.41. The molecule has 3 heterocycles. The van der Waals surface area contributed by atoms with Crippen molar-refractivity contribution in [3.8, 4) is 11.5 Å². The topological polar surface area (TPSA) is 105 Å². The number of benzene rings is 1. The Balaban J connectivity index is 1.89. The van der Waals surface area contributed by atoms with Gasteiger partial charge in [0, 0.05) is 47.1 Å². The zero-order valence-corrected chi connectivity index (χ0v) is 20.9. The first kappa shape index (κ1) is 25.7. The van der Waals surface area contributed by atoms with Crippen LogP contribution in [-0.2, 0) is 13.1 Å². The number of hydrogen-bond donors (Lipinski definition) is 1. The van der Waals surface area contributed by atoms with Gasteiger partial charge in [-0.3, -0.25) is 14.8 Å². The molecule has 0 fully saturated rings. The summed E-state index contributed by atoms with van der Waals surface area (Å²) in [5.74, 6) is -0.703. The Morgan fingerprint density at radius 2 is 1.78 bits per heavy atom. The first-order valence-corrected chi connectivity index (χ1v) is 11.5. The lowest BCUT2D eigenvalue weighted by Gasteiger charge is -2.37. The number of allylic oxidation sites excluding steroid dienone is 1. The minimum atomic E-state index is -1.03. The van der Waals surface area contributed by atoms with Gasteiger partial charge in [0.05, 0.1) is 38.7 Å². The van der Waals surface area contributed by atoms with Crippen LogP contribution in [0.2, 0.25) is 6.82 Å². The first-order chi connectivity index (χ1) is 17.8. The van der Waals surface area contributed by atoms with E-state index in [4.69, 9.17) is 14.9 Å². The molecule has 0 unspecified atom stereocenters. The van der Waals surface area contributed by atoms with Gasteiger partial charge >= 0.3 is 6.03 Å². The first-order valence-electron chi connectivity index (χ1n) is 11.5. The smallest absolute Gasteiger partial charge is 0.329 e. The molecule has 0 radical (unpaired) electrons. The molecular weight excluding hydrogens is 481 g/mol. The number of aromatic nitrogens is 3. The number of carbonyl (C=O) groups excluding carboxylic acids is 1. The summed E-state index contributed by atoms with van der Waals surface area (Å²) in [5.41, 5.74) is 2.56. The summed E-state index contributed by atoms with van der Waals surface area (Å²) in [6.45, 7) is 3.50. The highest BCUT2D eigenvalue weighted by atomic mass is 19.1. The molecule has 0 saturated carbocycles. The van der Waals surface area contributed by atoms with Crippen LogP contribution in [0.3, 0.4) is 0 Å². The van der Waals surface area contributed by atoms with Crippen molar-refractivity contribution in [2.24, 2.45) is 0 Å².